The van der Waals surface area contributed by atoms with Crippen molar-refractivity contribution in [3.8, 4) is 0 Å². The van der Waals surface area contributed by atoms with Gasteiger partial charge in [-0.1, -0.05) is 60.2 Å². The number of sulfone groups is 1. The van der Waals surface area contributed by atoms with E-state index in [0.717, 1.165) is 11.1 Å². The second-order valence-electron chi connectivity index (χ2n) is 7.49. The van der Waals surface area contributed by atoms with Crippen molar-refractivity contribution < 1.29 is 8.42 Å². The first kappa shape index (κ1) is 19.3. The average Bonchev–Trinajstić information content (AvgIpc) is 3.04. The Labute approximate surface area is 179 Å². The van der Waals surface area contributed by atoms with Gasteiger partial charge in [-0.2, -0.15) is 0 Å². The maximum Gasteiger partial charge on any atom is 0.212 e. The quantitative estimate of drug-likeness (QED) is 0.459. The van der Waals surface area contributed by atoms with Crippen LogP contribution in [-0.4, -0.2) is 23.0 Å². The van der Waals surface area contributed by atoms with Gasteiger partial charge in [0.25, 0.3) is 0 Å². The third-order valence-electron chi connectivity index (χ3n) is 5.33. The molecule has 0 spiro atoms. The number of aromatic nitrogens is 3. The smallest absolute Gasteiger partial charge is 0.212 e. The molecule has 0 saturated heterocycles. The van der Waals surface area contributed by atoms with Crippen LogP contribution < -0.4 is 5.73 Å². The summed E-state index contributed by atoms with van der Waals surface area (Å²) < 4.78 is 29.0. The van der Waals surface area contributed by atoms with Crippen LogP contribution in [0.4, 0.5) is 5.82 Å². The van der Waals surface area contributed by atoms with E-state index in [0.29, 0.717) is 23.2 Å². The first-order valence-corrected chi connectivity index (χ1v) is 11.3. The van der Waals surface area contributed by atoms with E-state index in [1.54, 1.807) is 28.8 Å². The van der Waals surface area contributed by atoms with Gasteiger partial charge in [-0.05, 0) is 36.8 Å². The molecule has 0 saturated carbocycles. The minimum Gasteiger partial charge on any atom is -0.384 e. The van der Waals surface area contributed by atoms with Crippen LogP contribution in [0.15, 0.2) is 88.7 Å². The fraction of sp³-hybridized carbons (Fsp3) is 0.0833. The number of hydrogen-bond acceptors (Lipinski definition) is 5. The topological polar surface area (TPSA) is 90.9 Å². The predicted molar refractivity (Wildman–Crippen MR) is 122 cm³/mol. The van der Waals surface area contributed by atoms with Crippen LogP contribution in [0.25, 0.3) is 22.2 Å². The number of fused-ring (bicyclic) bond motifs is 2. The maximum atomic E-state index is 13.6. The lowest BCUT2D eigenvalue weighted by molar-refractivity contribution is 0.597. The predicted octanol–water partition coefficient (Wildman–Crippen LogP) is 4.36. The molecule has 6 nitrogen and oxygen atoms in total. The summed E-state index contributed by atoms with van der Waals surface area (Å²) in [5, 5.41) is 0. The molecule has 0 amide bonds. The highest BCUT2D eigenvalue weighted by atomic mass is 32.2. The van der Waals surface area contributed by atoms with Crippen LogP contribution in [0.1, 0.15) is 11.1 Å². The molecule has 2 heterocycles. The Balaban J connectivity index is 1.82. The average molecular weight is 429 g/mol. The molecule has 3 aromatic carbocycles. The standard InChI is InChI=1S/C24H20N4O2S/c1-16-11-13-18(14-12-16)31(29,30)22-21-24(27-20-10-6-5-9-19(20)26-21)28(23(22)25)15-17-7-3-2-4-8-17/h2-14H,15,25H2,1H3. The van der Waals surface area contributed by atoms with E-state index in [-0.39, 0.29) is 21.1 Å². The molecule has 0 aliphatic rings. The van der Waals surface area contributed by atoms with Crippen LogP contribution in [0, 0.1) is 6.92 Å². The first-order valence-electron chi connectivity index (χ1n) is 9.85. The highest BCUT2D eigenvalue weighted by Crippen LogP contribution is 2.35. The maximum absolute atomic E-state index is 13.6. The molecule has 2 N–H and O–H groups in total. The monoisotopic (exact) mass is 428 g/mol. The fourth-order valence-corrected chi connectivity index (χ4v) is 5.22. The summed E-state index contributed by atoms with van der Waals surface area (Å²) in [5.41, 5.74) is 10.5. The third kappa shape index (κ3) is 3.23. The van der Waals surface area contributed by atoms with E-state index in [1.807, 2.05) is 61.5 Å². The van der Waals surface area contributed by atoms with E-state index in [1.165, 1.54) is 0 Å². The number of nitrogens with zero attached hydrogens (tertiary/aromatic N) is 3. The van der Waals surface area contributed by atoms with Gasteiger partial charge in [0.1, 0.15) is 16.2 Å². The minimum absolute atomic E-state index is 0.000497. The summed E-state index contributed by atoms with van der Waals surface area (Å²) in [6.07, 6.45) is 0. The van der Waals surface area contributed by atoms with Gasteiger partial charge in [-0.3, -0.25) is 0 Å². The van der Waals surface area contributed by atoms with Crippen molar-refractivity contribution in [3.63, 3.8) is 0 Å². The lowest BCUT2D eigenvalue weighted by Crippen LogP contribution is -2.09. The molecular formula is C24H20N4O2S. The second kappa shape index (κ2) is 7.21. The van der Waals surface area contributed by atoms with Crippen molar-refractivity contribution in [2.24, 2.45) is 0 Å². The van der Waals surface area contributed by atoms with Crippen molar-refractivity contribution in [2.45, 2.75) is 23.3 Å². The Morgan fingerprint density at radius 1 is 0.839 bits per heavy atom. The second-order valence-corrected chi connectivity index (χ2v) is 9.37. The molecule has 5 rings (SSSR count). The number of rotatable bonds is 4. The van der Waals surface area contributed by atoms with Crippen LogP contribution in [0.2, 0.25) is 0 Å². The molecule has 2 aromatic heterocycles. The summed E-state index contributed by atoms with van der Waals surface area (Å²) in [4.78, 5) is 9.58. The third-order valence-corrected chi connectivity index (χ3v) is 7.16. The van der Waals surface area contributed by atoms with E-state index in [2.05, 4.69) is 4.98 Å². The Kier molecular flexibility index (Phi) is 4.48. The molecule has 31 heavy (non-hydrogen) atoms. The van der Waals surface area contributed by atoms with Crippen LogP contribution >= 0.6 is 0 Å². The number of anilines is 1. The molecule has 7 heteroatoms. The number of benzene rings is 3. The normalized spacial score (nSPS) is 11.9. The number of para-hydroxylation sites is 2. The van der Waals surface area contributed by atoms with Gasteiger partial charge in [0.2, 0.25) is 9.84 Å². The van der Waals surface area contributed by atoms with Gasteiger partial charge in [-0.15, -0.1) is 0 Å². The molecule has 0 bridgehead atoms. The highest BCUT2D eigenvalue weighted by molar-refractivity contribution is 7.92. The van der Waals surface area contributed by atoms with Gasteiger partial charge in [0.15, 0.2) is 5.65 Å². The molecule has 0 radical (unpaired) electrons. The molecule has 0 aliphatic heterocycles. The number of nitrogens with two attached hydrogens (primary N) is 1. The van der Waals surface area contributed by atoms with Gasteiger partial charge < -0.3 is 10.3 Å². The lowest BCUT2D eigenvalue weighted by atomic mass is 10.2. The van der Waals surface area contributed by atoms with Crippen LogP contribution in [0.5, 0.6) is 0 Å². The Morgan fingerprint density at radius 3 is 2.13 bits per heavy atom. The lowest BCUT2D eigenvalue weighted by Gasteiger charge is -2.08. The van der Waals surface area contributed by atoms with Crippen LogP contribution in [0.3, 0.4) is 0 Å². The summed E-state index contributed by atoms with van der Waals surface area (Å²) in [6.45, 7) is 2.30. The summed E-state index contributed by atoms with van der Waals surface area (Å²) >= 11 is 0. The van der Waals surface area contributed by atoms with Crippen molar-refractivity contribution in [2.75, 3.05) is 5.73 Å². The van der Waals surface area contributed by atoms with Crippen LogP contribution in [-0.2, 0) is 16.4 Å². The summed E-state index contributed by atoms with van der Waals surface area (Å²) in [6, 6.07) is 23.9. The molecule has 0 aliphatic carbocycles. The Morgan fingerprint density at radius 2 is 1.45 bits per heavy atom. The molecule has 154 valence electrons. The molecule has 0 fully saturated rings. The molecule has 0 unspecified atom stereocenters. The number of aryl methyl sites for hydroxylation is 1. The SMILES string of the molecule is Cc1ccc(S(=O)(=O)c2c(N)n(Cc3ccccc3)c3nc4ccccc4nc23)cc1. The Hall–Kier alpha value is -3.71. The zero-order valence-electron chi connectivity index (χ0n) is 16.9. The Bertz CT molecular complexity index is 1520. The van der Waals surface area contributed by atoms with E-state index in [9.17, 15) is 8.42 Å². The van der Waals surface area contributed by atoms with Crippen molar-refractivity contribution in [1.82, 2.24) is 14.5 Å². The van der Waals surface area contributed by atoms with Crippen molar-refractivity contribution in [3.05, 3.63) is 90.0 Å². The molecule has 5 aromatic rings. The fourth-order valence-electron chi connectivity index (χ4n) is 3.72. The largest absolute Gasteiger partial charge is 0.384 e. The highest BCUT2D eigenvalue weighted by Gasteiger charge is 2.30. The zero-order valence-corrected chi connectivity index (χ0v) is 17.7. The van der Waals surface area contributed by atoms with Gasteiger partial charge >= 0.3 is 0 Å². The summed E-state index contributed by atoms with van der Waals surface area (Å²) in [7, 11) is -3.90. The first-order chi connectivity index (χ1) is 14.9. The number of nitrogen functional groups attached to an aromatic ring is 1. The van der Waals surface area contributed by atoms with Gasteiger partial charge in [-0.25, -0.2) is 18.4 Å². The number of hydrogen-bond donors (Lipinski definition) is 1. The van der Waals surface area contributed by atoms with E-state index in [4.69, 9.17) is 10.7 Å². The minimum atomic E-state index is -3.90. The molecule has 0 atom stereocenters. The molecular weight excluding hydrogens is 408 g/mol. The van der Waals surface area contributed by atoms with E-state index >= 15 is 0 Å². The van der Waals surface area contributed by atoms with Gasteiger partial charge in [0.05, 0.1) is 22.5 Å². The summed E-state index contributed by atoms with van der Waals surface area (Å²) in [5.74, 6) is 0.134. The van der Waals surface area contributed by atoms with Gasteiger partial charge in [0, 0.05) is 0 Å². The zero-order chi connectivity index (χ0) is 21.6. The van der Waals surface area contributed by atoms with Crippen molar-refractivity contribution in [1.29, 1.82) is 0 Å². The van der Waals surface area contributed by atoms with E-state index < -0.39 is 9.84 Å². The van der Waals surface area contributed by atoms with Crippen molar-refractivity contribution >= 4 is 37.9 Å².